The lowest BCUT2D eigenvalue weighted by molar-refractivity contribution is -0.111. The Kier molecular flexibility index (Phi) is 3.18. The van der Waals surface area contributed by atoms with Gasteiger partial charge in [0, 0.05) is 17.3 Å². The minimum Gasteiger partial charge on any atom is -0.472 e. The van der Waals surface area contributed by atoms with Crippen LogP contribution in [0.15, 0.2) is 59.4 Å². The van der Waals surface area contributed by atoms with Crippen LogP contribution in [0.25, 0.3) is 6.08 Å². The molecule has 0 radical (unpaired) electrons. The van der Waals surface area contributed by atoms with Gasteiger partial charge < -0.3 is 9.73 Å². The van der Waals surface area contributed by atoms with Crippen molar-refractivity contribution in [2.75, 3.05) is 5.32 Å². The molecule has 0 saturated heterocycles. The number of hydrogen-bond acceptors (Lipinski definition) is 2. The molecule has 0 aliphatic carbocycles. The fourth-order valence-corrected chi connectivity index (χ4v) is 1.25. The molecule has 0 saturated carbocycles. The van der Waals surface area contributed by atoms with Crippen LogP contribution in [0.5, 0.6) is 0 Å². The standard InChI is InChI=1S/C13H11NO2/c15-13(7-6-11-8-9-16-10-11)14-12-4-2-1-3-5-12/h1-10H,(H,14,15). The minimum absolute atomic E-state index is 0.160. The van der Waals surface area contributed by atoms with Crippen molar-refractivity contribution in [3.63, 3.8) is 0 Å². The van der Waals surface area contributed by atoms with Gasteiger partial charge in [-0.3, -0.25) is 4.79 Å². The highest BCUT2D eigenvalue weighted by molar-refractivity contribution is 6.01. The van der Waals surface area contributed by atoms with Crippen molar-refractivity contribution in [2.45, 2.75) is 0 Å². The molecule has 2 rings (SSSR count). The van der Waals surface area contributed by atoms with Gasteiger partial charge >= 0.3 is 0 Å². The van der Waals surface area contributed by atoms with E-state index in [0.717, 1.165) is 11.3 Å². The summed E-state index contributed by atoms with van der Waals surface area (Å²) in [6.07, 6.45) is 6.31. The SMILES string of the molecule is O=C(C=Cc1ccoc1)Nc1ccccc1. The molecule has 0 spiro atoms. The third kappa shape index (κ3) is 2.85. The number of furan rings is 1. The maximum absolute atomic E-state index is 11.5. The highest BCUT2D eigenvalue weighted by Crippen LogP contribution is 2.06. The normalized spacial score (nSPS) is 10.5. The second-order valence-electron chi connectivity index (χ2n) is 3.25. The Hall–Kier alpha value is -2.29. The Morgan fingerprint density at radius 1 is 1.19 bits per heavy atom. The van der Waals surface area contributed by atoms with Crippen molar-refractivity contribution >= 4 is 17.7 Å². The average molecular weight is 213 g/mol. The number of carbonyl (C=O) groups is 1. The number of carbonyl (C=O) groups excluding carboxylic acids is 1. The maximum atomic E-state index is 11.5. The first kappa shape index (κ1) is 10.2. The van der Waals surface area contributed by atoms with Gasteiger partial charge in [0.15, 0.2) is 0 Å². The smallest absolute Gasteiger partial charge is 0.248 e. The molecule has 1 N–H and O–H groups in total. The maximum Gasteiger partial charge on any atom is 0.248 e. The zero-order valence-corrected chi connectivity index (χ0v) is 8.59. The van der Waals surface area contributed by atoms with Crippen molar-refractivity contribution in [3.05, 3.63) is 60.6 Å². The van der Waals surface area contributed by atoms with Crippen molar-refractivity contribution in [3.8, 4) is 0 Å². The van der Waals surface area contributed by atoms with E-state index in [4.69, 9.17) is 4.42 Å². The van der Waals surface area contributed by atoms with Crippen LogP contribution in [0.2, 0.25) is 0 Å². The van der Waals surface area contributed by atoms with Gasteiger partial charge in [0.1, 0.15) is 0 Å². The minimum atomic E-state index is -0.160. The van der Waals surface area contributed by atoms with Gasteiger partial charge in [-0.2, -0.15) is 0 Å². The van der Waals surface area contributed by atoms with Crippen LogP contribution in [0.3, 0.4) is 0 Å². The molecule has 1 aromatic carbocycles. The van der Waals surface area contributed by atoms with E-state index in [1.54, 1.807) is 24.7 Å². The summed E-state index contributed by atoms with van der Waals surface area (Å²) in [7, 11) is 0. The third-order valence-corrected chi connectivity index (χ3v) is 2.01. The highest BCUT2D eigenvalue weighted by Gasteiger charge is 1.96. The average Bonchev–Trinajstić information content (AvgIpc) is 2.81. The van der Waals surface area contributed by atoms with E-state index in [1.807, 2.05) is 30.3 Å². The number of rotatable bonds is 3. The molecule has 0 aliphatic rings. The molecule has 0 unspecified atom stereocenters. The zero-order valence-electron chi connectivity index (χ0n) is 8.59. The summed E-state index contributed by atoms with van der Waals surface area (Å²) in [6, 6.07) is 11.1. The molecule has 0 aliphatic heterocycles. The zero-order chi connectivity index (χ0) is 11.2. The number of para-hydroxylation sites is 1. The van der Waals surface area contributed by atoms with E-state index in [-0.39, 0.29) is 5.91 Å². The quantitative estimate of drug-likeness (QED) is 0.796. The van der Waals surface area contributed by atoms with E-state index in [1.165, 1.54) is 6.08 Å². The summed E-state index contributed by atoms with van der Waals surface area (Å²) in [5, 5.41) is 2.75. The molecule has 3 heteroatoms. The van der Waals surface area contributed by atoms with E-state index in [9.17, 15) is 4.79 Å². The highest BCUT2D eigenvalue weighted by atomic mass is 16.3. The van der Waals surface area contributed by atoms with Crippen LogP contribution in [0, 0.1) is 0 Å². The fraction of sp³-hybridized carbons (Fsp3) is 0. The lowest BCUT2D eigenvalue weighted by atomic mass is 10.3. The van der Waals surface area contributed by atoms with E-state index >= 15 is 0 Å². The monoisotopic (exact) mass is 213 g/mol. The Morgan fingerprint density at radius 3 is 2.69 bits per heavy atom. The molecular weight excluding hydrogens is 202 g/mol. The predicted octanol–water partition coefficient (Wildman–Crippen LogP) is 2.93. The molecule has 80 valence electrons. The summed E-state index contributed by atoms with van der Waals surface area (Å²) >= 11 is 0. The molecule has 2 aromatic rings. The Labute approximate surface area is 93.4 Å². The van der Waals surface area contributed by atoms with Gasteiger partial charge in [0.05, 0.1) is 12.5 Å². The van der Waals surface area contributed by atoms with E-state index < -0.39 is 0 Å². The van der Waals surface area contributed by atoms with E-state index in [2.05, 4.69) is 5.32 Å². The second kappa shape index (κ2) is 4.98. The third-order valence-electron chi connectivity index (χ3n) is 2.01. The summed E-state index contributed by atoms with van der Waals surface area (Å²) in [6.45, 7) is 0. The molecule has 1 amide bonds. The lowest BCUT2D eigenvalue weighted by Gasteiger charge is -1.99. The van der Waals surface area contributed by atoms with Crippen LogP contribution in [0.1, 0.15) is 5.56 Å². The first-order chi connectivity index (χ1) is 7.84. The Balaban J connectivity index is 1.95. The lowest BCUT2D eigenvalue weighted by Crippen LogP contribution is -2.07. The van der Waals surface area contributed by atoms with Crippen molar-refractivity contribution in [1.82, 2.24) is 0 Å². The number of nitrogens with one attached hydrogen (secondary N) is 1. The van der Waals surface area contributed by atoms with Crippen LogP contribution >= 0.6 is 0 Å². The number of anilines is 1. The van der Waals surface area contributed by atoms with Crippen LogP contribution in [0.4, 0.5) is 5.69 Å². The number of hydrogen-bond donors (Lipinski definition) is 1. The van der Waals surface area contributed by atoms with Gasteiger partial charge in [-0.15, -0.1) is 0 Å². The predicted molar refractivity (Wildman–Crippen MR) is 62.8 cm³/mol. The Bertz CT molecular complexity index is 472. The van der Waals surface area contributed by atoms with Crippen molar-refractivity contribution in [1.29, 1.82) is 0 Å². The van der Waals surface area contributed by atoms with E-state index in [0.29, 0.717) is 0 Å². The first-order valence-electron chi connectivity index (χ1n) is 4.91. The first-order valence-corrected chi connectivity index (χ1v) is 4.91. The topological polar surface area (TPSA) is 42.2 Å². The van der Waals surface area contributed by atoms with Crippen molar-refractivity contribution < 1.29 is 9.21 Å². The Morgan fingerprint density at radius 2 is 2.00 bits per heavy atom. The summed E-state index contributed by atoms with van der Waals surface area (Å²) in [5.74, 6) is -0.160. The molecule has 16 heavy (non-hydrogen) atoms. The molecule has 1 aromatic heterocycles. The fourth-order valence-electron chi connectivity index (χ4n) is 1.25. The molecule has 1 heterocycles. The van der Waals surface area contributed by atoms with Gasteiger partial charge in [-0.05, 0) is 24.3 Å². The van der Waals surface area contributed by atoms with Gasteiger partial charge in [-0.25, -0.2) is 0 Å². The largest absolute Gasteiger partial charge is 0.472 e. The van der Waals surface area contributed by atoms with Gasteiger partial charge in [0.25, 0.3) is 0 Å². The van der Waals surface area contributed by atoms with Gasteiger partial charge in [-0.1, -0.05) is 18.2 Å². The van der Waals surface area contributed by atoms with Crippen LogP contribution < -0.4 is 5.32 Å². The second-order valence-corrected chi connectivity index (χ2v) is 3.25. The summed E-state index contributed by atoms with van der Waals surface area (Å²) < 4.78 is 4.88. The summed E-state index contributed by atoms with van der Waals surface area (Å²) in [5.41, 5.74) is 1.65. The van der Waals surface area contributed by atoms with Crippen molar-refractivity contribution in [2.24, 2.45) is 0 Å². The van der Waals surface area contributed by atoms with Gasteiger partial charge in [0.2, 0.25) is 5.91 Å². The molecular formula is C13H11NO2. The molecule has 3 nitrogen and oxygen atoms in total. The number of amides is 1. The molecule has 0 atom stereocenters. The summed E-state index contributed by atoms with van der Waals surface area (Å²) in [4.78, 5) is 11.5. The molecule has 0 fully saturated rings. The van der Waals surface area contributed by atoms with Crippen LogP contribution in [-0.2, 0) is 4.79 Å². The number of benzene rings is 1. The molecule has 0 bridgehead atoms. The van der Waals surface area contributed by atoms with Crippen LogP contribution in [-0.4, -0.2) is 5.91 Å².